The Morgan fingerprint density at radius 2 is 1.81 bits per heavy atom. The lowest BCUT2D eigenvalue weighted by atomic mass is 9.94. The minimum atomic E-state index is -1.03. The minimum absolute atomic E-state index is 0.0141. The molecule has 1 heterocycles. The van der Waals surface area contributed by atoms with Crippen molar-refractivity contribution >= 4 is 17.7 Å². The van der Waals surface area contributed by atoms with Crippen LogP contribution < -0.4 is 20.1 Å². The zero-order chi connectivity index (χ0) is 22.5. The van der Waals surface area contributed by atoms with Gasteiger partial charge in [0.2, 0.25) is 5.75 Å². The number of nitro benzene ring substituents is 1. The Labute approximate surface area is 177 Å². The van der Waals surface area contributed by atoms with E-state index in [1.165, 1.54) is 26.4 Å². The number of carbonyl (C=O) groups is 2. The predicted octanol–water partition coefficient (Wildman–Crippen LogP) is 2.98. The molecule has 2 aromatic rings. The molecule has 10 nitrogen and oxygen atoms in total. The number of rotatable bonds is 7. The van der Waals surface area contributed by atoms with Crippen molar-refractivity contribution in [3.63, 3.8) is 0 Å². The molecule has 162 valence electrons. The van der Waals surface area contributed by atoms with Crippen molar-refractivity contribution in [1.82, 2.24) is 10.6 Å². The number of benzene rings is 2. The lowest BCUT2D eigenvalue weighted by Crippen LogP contribution is -2.45. The van der Waals surface area contributed by atoms with Gasteiger partial charge in [-0.15, -0.1) is 0 Å². The first-order valence-electron chi connectivity index (χ1n) is 9.25. The number of methoxy groups -OCH3 is 2. The quantitative estimate of drug-likeness (QED) is 0.395. The smallest absolute Gasteiger partial charge is 0.338 e. The summed E-state index contributed by atoms with van der Waals surface area (Å²) in [6.45, 7) is 1.58. The van der Waals surface area contributed by atoms with Crippen molar-refractivity contribution in [3.05, 3.63) is 75.0 Å². The van der Waals surface area contributed by atoms with Gasteiger partial charge in [0.1, 0.15) is 12.4 Å². The number of allylic oxidation sites excluding steroid dienone is 1. The Balaban J connectivity index is 2.02. The van der Waals surface area contributed by atoms with Gasteiger partial charge in [-0.2, -0.15) is 0 Å². The molecule has 3 rings (SSSR count). The van der Waals surface area contributed by atoms with Gasteiger partial charge in [0.05, 0.1) is 30.8 Å². The number of nitro groups is 1. The van der Waals surface area contributed by atoms with Crippen LogP contribution >= 0.6 is 0 Å². The summed E-state index contributed by atoms with van der Waals surface area (Å²) in [6.07, 6.45) is 0. The molecule has 0 aromatic heterocycles. The molecule has 2 amide bonds. The molecule has 0 fully saturated rings. The Hall–Kier alpha value is -4.08. The molecule has 0 spiro atoms. The van der Waals surface area contributed by atoms with Crippen molar-refractivity contribution in [1.29, 1.82) is 0 Å². The molecule has 0 aliphatic carbocycles. The van der Waals surface area contributed by atoms with Gasteiger partial charge in [0, 0.05) is 23.4 Å². The maximum atomic E-state index is 12.9. The fraction of sp³-hybridized carbons (Fsp3) is 0.238. The van der Waals surface area contributed by atoms with E-state index in [0.29, 0.717) is 0 Å². The number of nitrogens with one attached hydrogen (secondary N) is 2. The lowest BCUT2D eigenvalue weighted by Gasteiger charge is -2.29. The normalized spacial score (nSPS) is 15.6. The van der Waals surface area contributed by atoms with Crippen LogP contribution in [0.2, 0.25) is 0 Å². The van der Waals surface area contributed by atoms with Crippen LogP contribution in [0.1, 0.15) is 24.1 Å². The van der Waals surface area contributed by atoms with Gasteiger partial charge in [-0.3, -0.25) is 10.1 Å². The standard InChI is InChI=1S/C21H21N3O7/c1-12-18(20(25)31-11-13-7-5-4-6-8-13)19(23-21(26)22-12)14-9-15(24(27)28)17(30-3)10-16(14)29-2/h4-10,19H,11H2,1-3H3,(H2,22,23,26). The van der Waals surface area contributed by atoms with Gasteiger partial charge < -0.3 is 24.8 Å². The van der Waals surface area contributed by atoms with E-state index >= 15 is 0 Å². The second-order valence-corrected chi connectivity index (χ2v) is 6.65. The van der Waals surface area contributed by atoms with E-state index in [0.717, 1.165) is 5.56 Å². The molecule has 1 aliphatic rings. The van der Waals surface area contributed by atoms with Crippen LogP contribution in [0, 0.1) is 10.1 Å². The molecule has 0 bridgehead atoms. The molecular weight excluding hydrogens is 406 g/mol. The van der Waals surface area contributed by atoms with Crippen molar-refractivity contribution in [2.45, 2.75) is 19.6 Å². The molecule has 1 unspecified atom stereocenters. The molecule has 0 saturated heterocycles. The van der Waals surface area contributed by atoms with Crippen LogP contribution in [0.4, 0.5) is 10.5 Å². The highest BCUT2D eigenvalue weighted by molar-refractivity contribution is 5.95. The predicted molar refractivity (Wildman–Crippen MR) is 110 cm³/mol. The first-order chi connectivity index (χ1) is 14.8. The van der Waals surface area contributed by atoms with Gasteiger partial charge in [-0.05, 0) is 12.5 Å². The molecule has 10 heteroatoms. The summed E-state index contributed by atoms with van der Waals surface area (Å²) >= 11 is 0. The molecule has 31 heavy (non-hydrogen) atoms. The third kappa shape index (κ3) is 4.58. The maximum Gasteiger partial charge on any atom is 0.338 e. The van der Waals surface area contributed by atoms with E-state index in [9.17, 15) is 19.7 Å². The highest BCUT2D eigenvalue weighted by atomic mass is 16.6. The Morgan fingerprint density at radius 3 is 2.42 bits per heavy atom. The number of hydrogen-bond donors (Lipinski definition) is 2. The second kappa shape index (κ2) is 9.16. The van der Waals surface area contributed by atoms with Crippen LogP contribution in [-0.4, -0.2) is 31.1 Å². The third-order valence-corrected chi connectivity index (χ3v) is 4.74. The topological polar surface area (TPSA) is 129 Å². The first kappa shape index (κ1) is 21.6. The number of carbonyl (C=O) groups excluding carboxylic acids is 2. The van der Waals surface area contributed by atoms with E-state index in [1.807, 2.05) is 30.3 Å². The van der Waals surface area contributed by atoms with E-state index in [1.54, 1.807) is 6.92 Å². The maximum absolute atomic E-state index is 12.9. The lowest BCUT2D eigenvalue weighted by molar-refractivity contribution is -0.385. The van der Waals surface area contributed by atoms with Crippen LogP contribution in [0.3, 0.4) is 0 Å². The summed E-state index contributed by atoms with van der Waals surface area (Å²) < 4.78 is 15.9. The minimum Gasteiger partial charge on any atom is -0.496 e. The van der Waals surface area contributed by atoms with E-state index in [-0.39, 0.29) is 40.6 Å². The Kier molecular flexibility index (Phi) is 6.39. The van der Waals surface area contributed by atoms with E-state index < -0.39 is 23.0 Å². The summed E-state index contributed by atoms with van der Waals surface area (Å²) in [7, 11) is 2.67. The average Bonchev–Trinajstić information content (AvgIpc) is 2.76. The van der Waals surface area contributed by atoms with E-state index in [4.69, 9.17) is 14.2 Å². The fourth-order valence-electron chi connectivity index (χ4n) is 3.27. The van der Waals surface area contributed by atoms with Gasteiger partial charge in [-0.1, -0.05) is 30.3 Å². The molecule has 2 aromatic carbocycles. The largest absolute Gasteiger partial charge is 0.496 e. The summed E-state index contributed by atoms with van der Waals surface area (Å²) in [5.41, 5.74) is 1.05. The number of nitrogens with zero attached hydrogens (tertiary/aromatic N) is 1. The number of amides is 2. The fourth-order valence-corrected chi connectivity index (χ4v) is 3.27. The number of urea groups is 1. The summed E-state index contributed by atoms with van der Waals surface area (Å²) in [5.74, 6) is -0.491. The van der Waals surface area contributed by atoms with Crippen molar-refractivity contribution in [2.24, 2.45) is 0 Å². The second-order valence-electron chi connectivity index (χ2n) is 6.65. The van der Waals surface area contributed by atoms with Gasteiger partial charge in [-0.25, -0.2) is 9.59 Å². The SMILES string of the molecule is COc1cc(OC)c([N+](=O)[O-])cc1C1NC(=O)NC(C)=C1C(=O)OCc1ccccc1. The molecular formula is C21H21N3O7. The summed E-state index contributed by atoms with van der Waals surface area (Å²) in [4.78, 5) is 36.0. The van der Waals surface area contributed by atoms with Gasteiger partial charge >= 0.3 is 17.7 Å². The third-order valence-electron chi connectivity index (χ3n) is 4.74. The molecule has 2 N–H and O–H groups in total. The van der Waals surface area contributed by atoms with Gasteiger partial charge in [0.25, 0.3) is 0 Å². The van der Waals surface area contributed by atoms with E-state index in [2.05, 4.69) is 10.6 Å². The van der Waals surface area contributed by atoms with Crippen LogP contribution in [0.25, 0.3) is 0 Å². The Bertz CT molecular complexity index is 1050. The number of ether oxygens (including phenoxy) is 3. The molecule has 0 saturated carbocycles. The number of esters is 1. The van der Waals surface area contributed by atoms with Gasteiger partial charge in [0.15, 0.2) is 0 Å². The number of hydrogen-bond acceptors (Lipinski definition) is 7. The Morgan fingerprint density at radius 1 is 1.13 bits per heavy atom. The first-order valence-corrected chi connectivity index (χ1v) is 9.25. The highest BCUT2D eigenvalue weighted by Crippen LogP contribution is 2.40. The zero-order valence-electron chi connectivity index (χ0n) is 17.1. The van der Waals surface area contributed by atoms with Crippen molar-refractivity contribution < 1.29 is 28.7 Å². The van der Waals surface area contributed by atoms with Crippen molar-refractivity contribution in [3.8, 4) is 11.5 Å². The highest BCUT2D eigenvalue weighted by Gasteiger charge is 2.36. The molecule has 0 radical (unpaired) electrons. The van der Waals surface area contributed by atoms with Crippen LogP contribution in [0.15, 0.2) is 53.7 Å². The van der Waals surface area contributed by atoms with Crippen LogP contribution in [-0.2, 0) is 16.1 Å². The monoisotopic (exact) mass is 427 g/mol. The molecule has 1 aliphatic heterocycles. The van der Waals surface area contributed by atoms with Crippen LogP contribution in [0.5, 0.6) is 11.5 Å². The van der Waals surface area contributed by atoms with Crippen molar-refractivity contribution in [2.75, 3.05) is 14.2 Å². The zero-order valence-corrected chi connectivity index (χ0v) is 17.1. The summed E-state index contributed by atoms with van der Waals surface area (Å²) in [5, 5.41) is 16.7. The summed E-state index contributed by atoms with van der Waals surface area (Å²) in [6, 6.07) is 10.1. The molecule has 1 atom stereocenters. The average molecular weight is 427 g/mol.